The van der Waals surface area contributed by atoms with E-state index in [0.717, 1.165) is 0 Å². The van der Waals surface area contributed by atoms with Gasteiger partial charge in [0.15, 0.2) is 11.5 Å². The summed E-state index contributed by atoms with van der Waals surface area (Å²) in [5.74, 6) is -2.70. The van der Waals surface area contributed by atoms with Gasteiger partial charge in [-0.2, -0.15) is 0 Å². The Hall–Kier alpha value is -1.78. The Bertz CT molecular complexity index is 316. The first-order chi connectivity index (χ1) is 6.00. The second-order valence-electron chi connectivity index (χ2n) is 2.55. The van der Waals surface area contributed by atoms with E-state index >= 15 is 0 Å². The lowest BCUT2D eigenvalue weighted by Gasteiger charge is -2.11. The molecule has 0 aliphatic carbocycles. The molecule has 0 saturated heterocycles. The van der Waals surface area contributed by atoms with Gasteiger partial charge in [-0.15, -0.1) is 0 Å². The van der Waals surface area contributed by atoms with E-state index in [4.69, 9.17) is 14.9 Å². The molecule has 1 aromatic rings. The van der Waals surface area contributed by atoms with Crippen LogP contribution >= 0.6 is 0 Å². The largest absolute Gasteiger partial charge is 0.504 e. The summed E-state index contributed by atoms with van der Waals surface area (Å²) in [6, 6.07) is 0. The first-order valence-electron chi connectivity index (χ1n) is 3.51. The third-order valence-corrected chi connectivity index (χ3v) is 1.79. The van der Waals surface area contributed by atoms with Gasteiger partial charge in [0.1, 0.15) is 0 Å². The highest BCUT2D eigenvalue weighted by atomic mass is 16.5. The molecule has 0 radical (unpaired) electrons. The van der Waals surface area contributed by atoms with E-state index in [2.05, 4.69) is 0 Å². The highest BCUT2D eigenvalue weighted by Crippen LogP contribution is 2.50. The number of hydrogen-bond acceptors (Lipinski definition) is 5. The van der Waals surface area contributed by atoms with Gasteiger partial charge in [0.05, 0.1) is 7.11 Å². The van der Waals surface area contributed by atoms with Crippen LogP contribution in [0.15, 0.2) is 0 Å². The van der Waals surface area contributed by atoms with Gasteiger partial charge in [0, 0.05) is 5.56 Å². The van der Waals surface area contributed by atoms with Crippen molar-refractivity contribution in [3.63, 3.8) is 0 Å². The maximum absolute atomic E-state index is 9.24. The minimum absolute atomic E-state index is 0.0622. The number of ether oxygens (including phenoxy) is 1. The van der Waals surface area contributed by atoms with Crippen molar-refractivity contribution in [2.45, 2.75) is 6.92 Å². The molecule has 1 aromatic carbocycles. The predicted molar refractivity (Wildman–Crippen MR) is 44.4 cm³/mol. The zero-order valence-electron chi connectivity index (χ0n) is 7.20. The first kappa shape index (κ1) is 9.31. The highest BCUT2D eigenvalue weighted by Gasteiger charge is 2.20. The number of benzene rings is 1. The van der Waals surface area contributed by atoms with Gasteiger partial charge in [0.2, 0.25) is 17.2 Å². The maximum Gasteiger partial charge on any atom is 0.208 e. The van der Waals surface area contributed by atoms with Crippen LogP contribution in [-0.2, 0) is 0 Å². The number of aromatic hydroxyl groups is 4. The van der Waals surface area contributed by atoms with Gasteiger partial charge in [-0.05, 0) is 6.92 Å². The van der Waals surface area contributed by atoms with E-state index in [-0.39, 0.29) is 11.3 Å². The summed E-state index contributed by atoms with van der Waals surface area (Å²) in [7, 11) is 1.28. The molecule has 4 N–H and O–H groups in total. The standard InChI is InChI=1S/C8H10O5/c1-3-4(9)5(10)6(11)7(12)8(3)13-2/h9-12H,1-2H3. The van der Waals surface area contributed by atoms with Gasteiger partial charge >= 0.3 is 0 Å². The lowest BCUT2D eigenvalue weighted by atomic mass is 10.1. The lowest BCUT2D eigenvalue weighted by molar-refractivity contribution is 0.318. The van der Waals surface area contributed by atoms with Crippen LogP contribution in [0, 0.1) is 6.92 Å². The van der Waals surface area contributed by atoms with Gasteiger partial charge in [-0.3, -0.25) is 0 Å². The Morgan fingerprint density at radius 3 is 1.77 bits per heavy atom. The quantitative estimate of drug-likeness (QED) is 0.385. The van der Waals surface area contributed by atoms with E-state index in [0.29, 0.717) is 0 Å². The Morgan fingerprint density at radius 1 is 0.846 bits per heavy atom. The number of hydrogen-bond donors (Lipinski definition) is 4. The smallest absolute Gasteiger partial charge is 0.208 e. The van der Waals surface area contributed by atoms with Crippen LogP contribution in [0.25, 0.3) is 0 Å². The highest BCUT2D eigenvalue weighted by molar-refractivity contribution is 5.67. The molecule has 1 rings (SSSR count). The molecule has 0 aromatic heterocycles. The first-order valence-corrected chi connectivity index (χ1v) is 3.51. The van der Waals surface area contributed by atoms with E-state index in [1.54, 1.807) is 0 Å². The number of methoxy groups -OCH3 is 1. The summed E-state index contributed by atoms with van der Waals surface area (Å²) < 4.78 is 4.71. The van der Waals surface area contributed by atoms with Crippen molar-refractivity contribution < 1.29 is 25.2 Å². The van der Waals surface area contributed by atoms with Crippen LogP contribution < -0.4 is 4.74 Å². The number of phenols is 4. The normalized spacial score (nSPS) is 10.0. The van der Waals surface area contributed by atoms with E-state index in [1.807, 2.05) is 0 Å². The summed E-state index contributed by atoms with van der Waals surface area (Å²) in [6.45, 7) is 1.44. The molecule has 13 heavy (non-hydrogen) atoms. The van der Waals surface area contributed by atoms with Crippen LogP contribution in [0.2, 0.25) is 0 Å². The SMILES string of the molecule is COc1c(C)c(O)c(O)c(O)c1O. The fraction of sp³-hybridized carbons (Fsp3) is 0.250. The zero-order chi connectivity index (χ0) is 10.2. The molecule has 5 nitrogen and oxygen atoms in total. The molecule has 0 fully saturated rings. The molecular formula is C8H10O5. The molecule has 0 unspecified atom stereocenters. The molecule has 72 valence electrons. The number of rotatable bonds is 1. The average molecular weight is 186 g/mol. The third kappa shape index (κ3) is 1.18. The minimum atomic E-state index is -0.792. The minimum Gasteiger partial charge on any atom is -0.504 e. The van der Waals surface area contributed by atoms with E-state index in [9.17, 15) is 10.2 Å². The molecule has 0 amide bonds. The second-order valence-corrected chi connectivity index (χ2v) is 2.55. The van der Waals surface area contributed by atoms with Crippen LogP contribution in [-0.4, -0.2) is 27.5 Å². The Morgan fingerprint density at radius 2 is 1.31 bits per heavy atom. The van der Waals surface area contributed by atoms with E-state index < -0.39 is 23.0 Å². The monoisotopic (exact) mass is 186 g/mol. The Balaban J connectivity index is 3.56. The Labute approximate surface area is 74.5 Å². The third-order valence-electron chi connectivity index (χ3n) is 1.79. The van der Waals surface area contributed by atoms with Gasteiger partial charge in [-0.1, -0.05) is 0 Å². The molecule has 0 bridgehead atoms. The van der Waals surface area contributed by atoms with Crippen molar-refractivity contribution in [3.05, 3.63) is 5.56 Å². The fourth-order valence-corrected chi connectivity index (χ4v) is 1.04. The van der Waals surface area contributed by atoms with Crippen LogP contribution in [0.3, 0.4) is 0 Å². The summed E-state index contributed by atoms with van der Waals surface area (Å²) in [5.41, 5.74) is 0.162. The lowest BCUT2D eigenvalue weighted by Crippen LogP contribution is -1.89. The molecule has 0 aliphatic heterocycles. The molecule has 0 heterocycles. The molecular weight excluding hydrogens is 176 g/mol. The topological polar surface area (TPSA) is 90.2 Å². The molecule has 0 saturated carbocycles. The summed E-state index contributed by atoms with van der Waals surface area (Å²) in [5, 5.41) is 36.6. The predicted octanol–water partition coefficient (Wildman–Crippen LogP) is 0.826. The summed E-state index contributed by atoms with van der Waals surface area (Å²) >= 11 is 0. The van der Waals surface area contributed by atoms with E-state index in [1.165, 1.54) is 14.0 Å². The van der Waals surface area contributed by atoms with Crippen molar-refractivity contribution in [1.29, 1.82) is 0 Å². The van der Waals surface area contributed by atoms with Crippen molar-refractivity contribution in [1.82, 2.24) is 0 Å². The maximum atomic E-state index is 9.24. The Kier molecular flexibility index (Phi) is 2.10. The van der Waals surface area contributed by atoms with Crippen LogP contribution in [0.1, 0.15) is 5.56 Å². The van der Waals surface area contributed by atoms with Crippen molar-refractivity contribution in [3.8, 4) is 28.7 Å². The number of phenolic OH excluding ortho intramolecular Hbond substituents is 4. The average Bonchev–Trinajstić information content (AvgIpc) is 2.13. The van der Waals surface area contributed by atoms with Gasteiger partial charge in [0.25, 0.3) is 0 Å². The zero-order valence-corrected chi connectivity index (χ0v) is 7.20. The van der Waals surface area contributed by atoms with Gasteiger partial charge in [-0.25, -0.2) is 0 Å². The molecule has 0 aliphatic rings. The summed E-state index contributed by atoms with van der Waals surface area (Å²) in [6.07, 6.45) is 0. The molecule has 5 heteroatoms. The van der Waals surface area contributed by atoms with Crippen LogP contribution in [0.5, 0.6) is 28.7 Å². The second kappa shape index (κ2) is 2.93. The molecule has 0 atom stereocenters. The fourth-order valence-electron chi connectivity index (χ4n) is 1.04. The van der Waals surface area contributed by atoms with Crippen LogP contribution in [0.4, 0.5) is 0 Å². The summed E-state index contributed by atoms with van der Waals surface area (Å²) in [4.78, 5) is 0. The molecule has 0 spiro atoms. The van der Waals surface area contributed by atoms with Crippen molar-refractivity contribution in [2.24, 2.45) is 0 Å². The van der Waals surface area contributed by atoms with Crippen molar-refractivity contribution >= 4 is 0 Å². The van der Waals surface area contributed by atoms with Gasteiger partial charge < -0.3 is 25.2 Å². The van der Waals surface area contributed by atoms with Crippen molar-refractivity contribution in [2.75, 3.05) is 7.11 Å².